The molecule has 0 aliphatic heterocycles. The second-order valence-corrected chi connectivity index (χ2v) is 3.81. The van der Waals surface area contributed by atoms with Gasteiger partial charge in [0.15, 0.2) is 0 Å². The number of aliphatic hydroxyl groups is 1. The van der Waals surface area contributed by atoms with E-state index >= 15 is 0 Å². The molecule has 1 aromatic rings. The summed E-state index contributed by atoms with van der Waals surface area (Å²) in [7, 11) is 0. The Morgan fingerprint density at radius 1 is 1.41 bits per heavy atom. The Balaban J connectivity index is 2.38. The third kappa shape index (κ3) is 5.26. The molecule has 0 aromatic heterocycles. The fourth-order valence-electron chi connectivity index (χ4n) is 1.69. The van der Waals surface area contributed by atoms with Gasteiger partial charge >= 0.3 is 0 Å². The Labute approximate surface area is 102 Å². The Hall–Kier alpha value is -0.970. The maximum atomic E-state index is 13.1. The first-order valence-corrected chi connectivity index (χ1v) is 5.95. The fraction of sp³-hybridized carbons (Fsp3) is 0.538. The molecule has 2 N–H and O–H groups in total. The van der Waals surface area contributed by atoms with Crippen molar-refractivity contribution in [3.05, 3.63) is 35.6 Å². The summed E-state index contributed by atoms with van der Waals surface area (Å²) in [5.74, 6) is -0.209. The van der Waals surface area contributed by atoms with Gasteiger partial charge in [0.2, 0.25) is 0 Å². The van der Waals surface area contributed by atoms with Crippen molar-refractivity contribution in [1.82, 2.24) is 5.32 Å². The summed E-state index contributed by atoms with van der Waals surface area (Å²) < 4.78 is 18.2. The predicted molar refractivity (Wildman–Crippen MR) is 65.3 cm³/mol. The number of hydrogen-bond donors (Lipinski definition) is 2. The van der Waals surface area contributed by atoms with Crippen LogP contribution in [0.2, 0.25) is 0 Å². The van der Waals surface area contributed by atoms with E-state index in [1.165, 1.54) is 6.07 Å². The smallest absolute Gasteiger partial charge is 0.123 e. The van der Waals surface area contributed by atoms with Crippen molar-refractivity contribution in [3.8, 4) is 0 Å². The third-order valence-corrected chi connectivity index (χ3v) is 2.53. The molecule has 0 bridgehead atoms. The standard InChI is InChI=1S/C13H20FNO2/c1-2-13(15-6-8-17-9-7-16)11-4-3-5-12(14)10-11/h3-5,10,13,15-16H,2,6-9H2,1H3. The topological polar surface area (TPSA) is 41.5 Å². The lowest BCUT2D eigenvalue weighted by Gasteiger charge is -2.17. The molecule has 96 valence electrons. The number of halogens is 1. The van der Waals surface area contributed by atoms with Gasteiger partial charge in [0.25, 0.3) is 0 Å². The van der Waals surface area contributed by atoms with Gasteiger partial charge in [-0.3, -0.25) is 0 Å². The zero-order valence-corrected chi connectivity index (χ0v) is 10.2. The van der Waals surface area contributed by atoms with Crippen molar-refractivity contribution >= 4 is 0 Å². The van der Waals surface area contributed by atoms with Gasteiger partial charge in [-0.15, -0.1) is 0 Å². The van der Waals surface area contributed by atoms with Gasteiger partial charge in [-0.2, -0.15) is 0 Å². The van der Waals surface area contributed by atoms with E-state index in [1.54, 1.807) is 12.1 Å². The van der Waals surface area contributed by atoms with Gasteiger partial charge in [0.1, 0.15) is 5.82 Å². The highest BCUT2D eigenvalue weighted by Gasteiger charge is 2.08. The fourth-order valence-corrected chi connectivity index (χ4v) is 1.69. The molecule has 1 aromatic carbocycles. The predicted octanol–water partition coefficient (Wildman–Crippen LogP) is 1.88. The normalized spacial score (nSPS) is 12.6. The van der Waals surface area contributed by atoms with Crippen LogP contribution in [-0.4, -0.2) is 31.5 Å². The summed E-state index contributed by atoms with van der Waals surface area (Å²) in [6.07, 6.45) is 0.892. The highest BCUT2D eigenvalue weighted by Crippen LogP contribution is 2.16. The van der Waals surface area contributed by atoms with E-state index in [1.807, 2.05) is 6.07 Å². The number of hydrogen-bond acceptors (Lipinski definition) is 3. The molecule has 1 rings (SSSR count). The molecule has 1 atom stereocenters. The van der Waals surface area contributed by atoms with Gasteiger partial charge in [0, 0.05) is 12.6 Å². The van der Waals surface area contributed by atoms with Crippen LogP contribution in [0.3, 0.4) is 0 Å². The minimum absolute atomic E-state index is 0.0428. The Morgan fingerprint density at radius 3 is 2.88 bits per heavy atom. The average molecular weight is 241 g/mol. The van der Waals surface area contributed by atoms with Crippen LogP contribution in [0.25, 0.3) is 0 Å². The average Bonchev–Trinajstić information content (AvgIpc) is 2.34. The van der Waals surface area contributed by atoms with Gasteiger partial charge in [-0.05, 0) is 24.1 Å². The minimum atomic E-state index is -0.209. The lowest BCUT2D eigenvalue weighted by atomic mass is 10.0. The van der Waals surface area contributed by atoms with E-state index in [9.17, 15) is 4.39 Å². The lowest BCUT2D eigenvalue weighted by molar-refractivity contribution is 0.0925. The van der Waals surface area contributed by atoms with Gasteiger partial charge < -0.3 is 15.2 Å². The van der Waals surface area contributed by atoms with Crippen LogP contribution in [0.5, 0.6) is 0 Å². The molecule has 0 saturated carbocycles. The summed E-state index contributed by atoms with van der Waals surface area (Å²) >= 11 is 0. The lowest BCUT2D eigenvalue weighted by Crippen LogP contribution is -2.25. The quantitative estimate of drug-likeness (QED) is 0.683. The second kappa shape index (κ2) is 8.17. The Bertz CT molecular complexity index is 320. The Morgan fingerprint density at radius 2 is 2.24 bits per heavy atom. The summed E-state index contributed by atoms with van der Waals surface area (Å²) in [6.45, 7) is 3.69. The van der Waals surface area contributed by atoms with Crippen LogP contribution in [0.1, 0.15) is 24.9 Å². The number of benzene rings is 1. The van der Waals surface area contributed by atoms with Crippen molar-refractivity contribution in [2.75, 3.05) is 26.4 Å². The molecule has 17 heavy (non-hydrogen) atoms. The molecule has 0 aliphatic rings. The number of nitrogens with one attached hydrogen (secondary N) is 1. The first kappa shape index (κ1) is 14.1. The van der Waals surface area contributed by atoms with E-state index in [-0.39, 0.29) is 18.5 Å². The SMILES string of the molecule is CCC(NCCOCCO)c1cccc(F)c1. The molecule has 1 unspecified atom stereocenters. The second-order valence-electron chi connectivity index (χ2n) is 3.81. The van der Waals surface area contributed by atoms with E-state index in [2.05, 4.69) is 12.2 Å². The molecule has 4 heteroatoms. The van der Waals surface area contributed by atoms with Crippen LogP contribution < -0.4 is 5.32 Å². The zero-order chi connectivity index (χ0) is 12.5. The molecule has 0 fully saturated rings. The van der Waals surface area contributed by atoms with Crippen LogP contribution >= 0.6 is 0 Å². The summed E-state index contributed by atoms with van der Waals surface area (Å²) in [5.41, 5.74) is 0.953. The maximum absolute atomic E-state index is 13.1. The summed E-state index contributed by atoms with van der Waals surface area (Å²) in [5, 5.41) is 11.8. The van der Waals surface area contributed by atoms with E-state index in [4.69, 9.17) is 9.84 Å². The maximum Gasteiger partial charge on any atom is 0.123 e. The molecule has 0 spiro atoms. The summed E-state index contributed by atoms with van der Waals surface area (Å²) in [6, 6.07) is 6.77. The van der Waals surface area contributed by atoms with Gasteiger partial charge in [-0.25, -0.2) is 4.39 Å². The monoisotopic (exact) mass is 241 g/mol. The van der Waals surface area contributed by atoms with E-state index in [0.29, 0.717) is 19.8 Å². The number of rotatable bonds is 8. The first-order chi connectivity index (χ1) is 8.27. The largest absolute Gasteiger partial charge is 0.394 e. The minimum Gasteiger partial charge on any atom is -0.394 e. The molecule has 0 radical (unpaired) electrons. The third-order valence-electron chi connectivity index (χ3n) is 2.53. The molecule has 0 aliphatic carbocycles. The van der Waals surface area contributed by atoms with Crippen LogP contribution in [0, 0.1) is 5.82 Å². The zero-order valence-electron chi connectivity index (χ0n) is 10.2. The number of ether oxygens (including phenoxy) is 1. The molecule has 0 amide bonds. The first-order valence-electron chi connectivity index (χ1n) is 5.95. The summed E-state index contributed by atoms with van der Waals surface area (Å²) in [4.78, 5) is 0. The van der Waals surface area contributed by atoms with Crippen molar-refractivity contribution in [2.24, 2.45) is 0 Å². The highest BCUT2D eigenvalue weighted by atomic mass is 19.1. The van der Waals surface area contributed by atoms with E-state index < -0.39 is 0 Å². The van der Waals surface area contributed by atoms with Crippen molar-refractivity contribution in [2.45, 2.75) is 19.4 Å². The van der Waals surface area contributed by atoms with Crippen LogP contribution in [-0.2, 0) is 4.74 Å². The van der Waals surface area contributed by atoms with Gasteiger partial charge in [0.05, 0.1) is 19.8 Å². The number of aliphatic hydroxyl groups excluding tert-OH is 1. The Kier molecular flexibility index (Phi) is 6.77. The molecular weight excluding hydrogens is 221 g/mol. The van der Waals surface area contributed by atoms with Crippen molar-refractivity contribution < 1.29 is 14.2 Å². The van der Waals surface area contributed by atoms with Crippen LogP contribution in [0.15, 0.2) is 24.3 Å². The molecule has 0 heterocycles. The molecule has 0 saturated heterocycles. The van der Waals surface area contributed by atoms with E-state index in [0.717, 1.165) is 12.0 Å². The molecular formula is C13H20FNO2. The van der Waals surface area contributed by atoms with Crippen LogP contribution in [0.4, 0.5) is 4.39 Å². The van der Waals surface area contributed by atoms with Crippen molar-refractivity contribution in [1.29, 1.82) is 0 Å². The van der Waals surface area contributed by atoms with Crippen molar-refractivity contribution in [3.63, 3.8) is 0 Å². The van der Waals surface area contributed by atoms with Gasteiger partial charge in [-0.1, -0.05) is 19.1 Å². The molecule has 3 nitrogen and oxygen atoms in total. The highest BCUT2D eigenvalue weighted by molar-refractivity contribution is 5.19.